The first-order valence-corrected chi connectivity index (χ1v) is 7.77. The maximum atomic E-state index is 5.38. The van der Waals surface area contributed by atoms with Gasteiger partial charge in [-0.25, -0.2) is 0 Å². The fraction of sp³-hybridized carbons (Fsp3) is 0.368. The molecule has 0 N–H and O–H groups in total. The zero-order valence-electron chi connectivity index (χ0n) is 12.4. The van der Waals surface area contributed by atoms with Crippen LogP contribution in [-0.2, 0) is 11.2 Å². The molecule has 1 aliphatic heterocycles. The van der Waals surface area contributed by atoms with Crippen LogP contribution in [0, 0.1) is 6.07 Å². The minimum Gasteiger partial charge on any atom is -0.379 e. The molecule has 1 aliphatic rings. The lowest BCUT2D eigenvalue weighted by atomic mass is 10.0. The average molecular weight is 280 g/mol. The summed E-state index contributed by atoms with van der Waals surface area (Å²) in [4.78, 5) is 2.50. The van der Waals surface area contributed by atoms with Crippen molar-refractivity contribution >= 4 is 0 Å². The number of rotatable bonds is 5. The maximum absolute atomic E-state index is 5.38. The van der Waals surface area contributed by atoms with Gasteiger partial charge >= 0.3 is 0 Å². The molecular formula is C19H22NO. The molecule has 2 nitrogen and oxygen atoms in total. The van der Waals surface area contributed by atoms with Gasteiger partial charge in [0.15, 0.2) is 0 Å². The summed E-state index contributed by atoms with van der Waals surface area (Å²) < 4.78 is 5.38. The van der Waals surface area contributed by atoms with Crippen LogP contribution in [0.2, 0.25) is 0 Å². The molecule has 3 rings (SSSR count). The Morgan fingerprint density at radius 3 is 2.52 bits per heavy atom. The van der Waals surface area contributed by atoms with Gasteiger partial charge in [0.2, 0.25) is 0 Å². The second-order valence-electron chi connectivity index (χ2n) is 5.55. The Labute approximate surface area is 127 Å². The second-order valence-corrected chi connectivity index (χ2v) is 5.55. The quantitative estimate of drug-likeness (QED) is 0.832. The zero-order chi connectivity index (χ0) is 14.3. The van der Waals surface area contributed by atoms with E-state index in [1.54, 1.807) is 0 Å². The summed E-state index contributed by atoms with van der Waals surface area (Å²) in [6.07, 6.45) is 2.37. The highest BCUT2D eigenvalue weighted by molar-refractivity contribution is 5.63. The highest BCUT2D eigenvalue weighted by atomic mass is 16.5. The molecule has 2 heteroatoms. The van der Waals surface area contributed by atoms with Crippen LogP contribution in [0.5, 0.6) is 0 Å². The third-order valence-corrected chi connectivity index (χ3v) is 4.04. The van der Waals surface area contributed by atoms with Gasteiger partial charge in [0.1, 0.15) is 0 Å². The topological polar surface area (TPSA) is 12.5 Å². The first-order valence-electron chi connectivity index (χ1n) is 7.77. The Morgan fingerprint density at radius 1 is 1.00 bits per heavy atom. The average Bonchev–Trinajstić information content (AvgIpc) is 2.57. The SMILES string of the molecule is [c]1cccc(-c2ccc(CCCN3CCOCC3)cc2)c1. The summed E-state index contributed by atoms with van der Waals surface area (Å²) in [5.41, 5.74) is 3.92. The lowest BCUT2D eigenvalue weighted by molar-refractivity contribution is 0.0375. The van der Waals surface area contributed by atoms with Gasteiger partial charge in [-0.3, -0.25) is 4.90 Å². The van der Waals surface area contributed by atoms with E-state index < -0.39 is 0 Å². The van der Waals surface area contributed by atoms with E-state index in [1.807, 2.05) is 18.2 Å². The largest absolute Gasteiger partial charge is 0.379 e. The molecule has 1 radical (unpaired) electrons. The number of ether oxygens (including phenoxy) is 1. The second kappa shape index (κ2) is 7.39. The van der Waals surface area contributed by atoms with Crippen LogP contribution in [0.4, 0.5) is 0 Å². The van der Waals surface area contributed by atoms with Crippen molar-refractivity contribution < 1.29 is 4.74 Å². The number of nitrogens with zero attached hydrogens (tertiary/aromatic N) is 1. The third-order valence-electron chi connectivity index (χ3n) is 4.04. The van der Waals surface area contributed by atoms with E-state index in [4.69, 9.17) is 4.74 Å². The Hall–Kier alpha value is -1.64. The molecule has 1 saturated heterocycles. The Bertz CT molecular complexity index is 529. The molecular weight excluding hydrogens is 258 g/mol. The van der Waals surface area contributed by atoms with E-state index in [0.29, 0.717) is 0 Å². The van der Waals surface area contributed by atoms with E-state index in [9.17, 15) is 0 Å². The first-order chi connectivity index (χ1) is 10.4. The van der Waals surface area contributed by atoms with Crippen molar-refractivity contribution in [1.29, 1.82) is 0 Å². The van der Waals surface area contributed by atoms with Gasteiger partial charge in [-0.2, -0.15) is 0 Å². The van der Waals surface area contributed by atoms with Crippen molar-refractivity contribution in [1.82, 2.24) is 4.90 Å². The van der Waals surface area contributed by atoms with Gasteiger partial charge in [0.05, 0.1) is 13.2 Å². The fourth-order valence-electron chi connectivity index (χ4n) is 2.77. The highest BCUT2D eigenvalue weighted by Crippen LogP contribution is 2.19. The molecule has 0 atom stereocenters. The predicted molar refractivity (Wildman–Crippen MR) is 86.3 cm³/mol. The summed E-state index contributed by atoms with van der Waals surface area (Å²) in [5.74, 6) is 0. The predicted octanol–water partition coefficient (Wildman–Crippen LogP) is 3.42. The molecule has 1 fully saturated rings. The minimum atomic E-state index is 0.892. The van der Waals surface area contributed by atoms with Crippen molar-refractivity contribution in [2.75, 3.05) is 32.8 Å². The van der Waals surface area contributed by atoms with E-state index >= 15 is 0 Å². The standard InChI is InChI=1S/C19H22NO/c1-2-6-18(7-3-1)19-10-8-17(9-11-19)5-4-12-20-13-15-21-16-14-20/h1-2,6-11H,4-5,12-16H2. The van der Waals surface area contributed by atoms with E-state index in [1.165, 1.54) is 29.7 Å². The summed E-state index contributed by atoms with van der Waals surface area (Å²) in [6.45, 7) is 5.14. The molecule has 0 spiro atoms. The third kappa shape index (κ3) is 4.16. The number of hydrogen-bond acceptors (Lipinski definition) is 2. The molecule has 0 bridgehead atoms. The van der Waals surface area contributed by atoms with Crippen LogP contribution >= 0.6 is 0 Å². The molecule has 0 aliphatic carbocycles. The van der Waals surface area contributed by atoms with Crippen LogP contribution in [0.1, 0.15) is 12.0 Å². The molecule has 2 aromatic carbocycles. The fourth-order valence-corrected chi connectivity index (χ4v) is 2.77. The van der Waals surface area contributed by atoms with Crippen molar-refractivity contribution in [2.45, 2.75) is 12.8 Å². The van der Waals surface area contributed by atoms with Gasteiger partial charge in [-0.05, 0) is 48.2 Å². The van der Waals surface area contributed by atoms with Crippen LogP contribution in [0.3, 0.4) is 0 Å². The summed E-state index contributed by atoms with van der Waals surface area (Å²) in [5, 5.41) is 0. The molecule has 0 aromatic heterocycles. The lowest BCUT2D eigenvalue weighted by Crippen LogP contribution is -2.36. The molecule has 21 heavy (non-hydrogen) atoms. The van der Waals surface area contributed by atoms with Crippen LogP contribution < -0.4 is 0 Å². The van der Waals surface area contributed by atoms with Crippen LogP contribution in [0.25, 0.3) is 11.1 Å². The summed E-state index contributed by atoms with van der Waals surface area (Å²) in [7, 11) is 0. The minimum absolute atomic E-state index is 0.892. The van der Waals surface area contributed by atoms with Gasteiger partial charge in [-0.15, -0.1) is 0 Å². The maximum Gasteiger partial charge on any atom is 0.0594 e. The summed E-state index contributed by atoms with van der Waals surface area (Å²) >= 11 is 0. The zero-order valence-corrected chi connectivity index (χ0v) is 12.4. The van der Waals surface area contributed by atoms with Gasteiger partial charge in [0, 0.05) is 13.1 Å². The van der Waals surface area contributed by atoms with Gasteiger partial charge in [0.25, 0.3) is 0 Å². The normalized spacial score (nSPS) is 16.0. The van der Waals surface area contributed by atoms with Crippen molar-refractivity contribution in [3.05, 3.63) is 60.2 Å². The van der Waals surface area contributed by atoms with E-state index in [-0.39, 0.29) is 0 Å². The van der Waals surface area contributed by atoms with Crippen molar-refractivity contribution in [3.63, 3.8) is 0 Å². The number of aryl methyl sites for hydroxylation is 1. The molecule has 0 unspecified atom stereocenters. The Balaban J connectivity index is 1.50. The number of benzene rings is 2. The monoisotopic (exact) mass is 280 g/mol. The van der Waals surface area contributed by atoms with Gasteiger partial charge < -0.3 is 4.74 Å². The lowest BCUT2D eigenvalue weighted by Gasteiger charge is -2.26. The molecule has 2 aromatic rings. The van der Waals surface area contributed by atoms with Crippen LogP contribution in [0.15, 0.2) is 48.5 Å². The van der Waals surface area contributed by atoms with Crippen molar-refractivity contribution in [2.24, 2.45) is 0 Å². The molecule has 0 amide bonds. The first kappa shape index (κ1) is 14.3. The number of hydrogen-bond donors (Lipinski definition) is 0. The van der Waals surface area contributed by atoms with E-state index in [2.05, 4.69) is 41.3 Å². The Kier molecular flexibility index (Phi) is 5.03. The molecule has 109 valence electrons. The summed E-state index contributed by atoms with van der Waals surface area (Å²) in [6, 6.07) is 20.2. The molecule has 0 saturated carbocycles. The molecule has 1 heterocycles. The van der Waals surface area contributed by atoms with Crippen molar-refractivity contribution in [3.8, 4) is 11.1 Å². The smallest absolute Gasteiger partial charge is 0.0594 e. The highest BCUT2D eigenvalue weighted by Gasteiger charge is 2.09. The number of morpholine rings is 1. The Morgan fingerprint density at radius 2 is 1.81 bits per heavy atom. The van der Waals surface area contributed by atoms with Gasteiger partial charge in [-0.1, -0.05) is 42.5 Å². The van der Waals surface area contributed by atoms with Crippen LogP contribution in [-0.4, -0.2) is 37.7 Å². The van der Waals surface area contributed by atoms with E-state index in [0.717, 1.165) is 32.7 Å².